The molecule has 2 fully saturated rings. The second kappa shape index (κ2) is 5.24. The topological polar surface area (TPSA) is 81.3 Å². The molecule has 3 rings (SSSR count). The molecule has 1 aromatic rings. The van der Waals surface area contributed by atoms with Crippen LogP contribution >= 0.6 is 0 Å². The second-order valence-corrected chi connectivity index (χ2v) is 5.46. The van der Waals surface area contributed by atoms with Crippen LogP contribution < -0.4 is 10.2 Å². The summed E-state index contributed by atoms with van der Waals surface area (Å²) in [5.74, 6) is -0.191. The van der Waals surface area contributed by atoms with Crippen molar-refractivity contribution in [3.8, 4) is 0 Å². The molecule has 2 amide bonds. The lowest BCUT2D eigenvalue weighted by atomic mass is 10.1. The summed E-state index contributed by atoms with van der Waals surface area (Å²) < 4.78 is 0. The molecule has 0 spiro atoms. The molecule has 2 N–H and O–H groups in total. The average Bonchev–Trinajstić information content (AvgIpc) is 3.17. The largest absolute Gasteiger partial charge is 0.341 e. The van der Waals surface area contributed by atoms with E-state index < -0.39 is 0 Å². The fraction of sp³-hybridized carbons (Fsp3) is 0.615. The highest BCUT2D eigenvalue weighted by molar-refractivity contribution is 6.00. The third-order valence-electron chi connectivity index (χ3n) is 4.20. The summed E-state index contributed by atoms with van der Waals surface area (Å²) in [6.45, 7) is 2.24. The van der Waals surface area contributed by atoms with Gasteiger partial charge in [-0.25, -0.2) is 0 Å². The van der Waals surface area contributed by atoms with E-state index >= 15 is 0 Å². The van der Waals surface area contributed by atoms with Gasteiger partial charge in [0.1, 0.15) is 0 Å². The van der Waals surface area contributed by atoms with E-state index in [1.807, 2.05) is 7.05 Å². The highest BCUT2D eigenvalue weighted by Crippen LogP contribution is 2.26. The van der Waals surface area contributed by atoms with Crippen LogP contribution in [-0.4, -0.2) is 59.6 Å². The molecule has 7 nitrogen and oxygen atoms in total. The molecule has 0 unspecified atom stereocenters. The zero-order chi connectivity index (χ0) is 14.1. The van der Waals surface area contributed by atoms with Gasteiger partial charge in [0, 0.05) is 38.8 Å². The maximum atomic E-state index is 12.5. The van der Waals surface area contributed by atoms with Crippen LogP contribution in [0.1, 0.15) is 12.8 Å². The number of likely N-dealkylation sites (N-methyl/N-ethyl adjacent to an activating group) is 1. The number of anilines is 1. The van der Waals surface area contributed by atoms with Crippen LogP contribution in [0.5, 0.6) is 0 Å². The summed E-state index contributed by atoms with van der Waals surface area (Å²) in [6.07, 6.45) is 4.55. The monoisotopic (exact) mass is 277 g/mol. The number of carbonyl (C=O) groups excluding carboxylic acids is 2. The van der Waals surface area contributed by atoms with Crippen molar-refractivity contribution in [2.75, 3.05) is 31.6 Å². The maximum Gasteiger partial charge on any atom is 0.228 e. The minimum atomic E-state index is -0.247. The molecule has 0 saturated carbocycles. The van der Waals surface area contributed by atoms with Crippen LogP contribution in [0.3, 0.4) is 0 Å². The van der Waals surface area contributed by atoms with E-state index in [4.69, 9.17) is 0 Å². The van der Waals surface area contributed by atoms with Gasteiger partial charge in [0.05, 0.1) is 17.8 Å². The normalized spacial score (nSPS) is 26.2. The van der Waals surface area contributed by atoms with E-state index in [0.717, 1.165) is 25.2 Å². The van der Waals surface area contributed by atoms with Crippen molar-refractivity contribution in [3.05, 3.63) is 12.4 Å². The first-order valence-corrected chi connectivity index (χ1v) is 6.93. The number of H-pyrrole nitrogens is 1. The molecule has 2 aliphatic heterocycles. The number of hydrogen-bond acceptors (Lipinski definition) is 4. The van der Waals surface area contributed by atoms with Crippen molar-refractivity contribution in [1.29, 1.82) is 0 Å². The molecule has 2 atom stereocenters. The van der Waals surface area contributed by atoms with Crippen molar-refractivity contribution in [2.45, 2.75) is 18.9 Å². The van der Waals surface area contributed by atoms with E-state index in [2.05, 4.69) is 15.5 Å². The summed E-state index contributed by atoms with van der Waals surface area (Å²) in [6, 6.07) is 0.251. The van der Waals surface area contributed by atoms with Gasteiger partial charge in [-0.15, -0.1) is 0 Å². The second-order valence-electron chi connectivity index (χ2n) is 5.46. The quantitative estimate of drug-likeness (QED) is 0.786. The summed E-state index contributed by atoms with van der Waals surface area (Å²) in [4.78, 5) is 28.0. The van der Waals surface area contributed by atoms with Crippen molar-refractivity contribution < 1.29 is 9.59 Å². The molecule has 7 heteroatoms. The van der Waals surface area contributed by atoms with Crippen LogP contribution in [0.4, 0.5) is 5.69 Å². The standard InChI is InChI=1S/C13H19N5O2/c1-17(10-2-3-14-5-10)13(20)9-4-12(19)18(8-9)11-6-15-16-7-11/h6-7,9-10,14H,2-5,8H2,1H3,(H,15,16)/t9-,10+/m0/s1. The first-order chi connectivity index (χ1) is 9.66. The van der Waals surface area contributed by atoms with Crippen LogP contribution in [-0.2, 0) is 9.59 Å². The SMILES string of the molecule is CN(C(=O)[C@H]1CC(=O)N(c2cn[nH]c2)C1)[C@@H]1CCNC1. The van der Waals surface area contributed by atoms with Crippen molar-refractivity contribution in [2.24, 2.45) is 5.92 Å². The lowest BCUT2D eigenvalue weighted by molar-refractivity contribution is -0.136. The highest BCUT2D eigenvalue weighted by Gasteiger charge is 2.38. The Morgan fingerprint density at radius 2 is 2.40 bits per heavy atom. The highest BCUT2D eigenvalue weighted by atomic mass is 16.2. The molecule has 3 heterocycles. The minimum Gasteiger partial charge on any atom is -0.341 e. The Kier molecular flexibility index (Phi) is 3.43. The number of hydrogen-bond donors (Lipinski definition) is 2. The first kappa shape index (κ1) is 13.1. The fourth-order valence-corrected chi connectivity index (χ4v) is 2.95. The smallest absolute Gasteiger partial charge is 0.228 e. The van der Waals surface area contributed by atoms with E-state index in [0.29, 0.717) is 6.54 Å². The third kappa shape index (κ3) is 2.29. The number of aromatic amines is 1. The fourth-order valence-electron chi connectivity index (χ4n) is 2.95. The Hall–Kier alpha value is -1.89. The molecular weight excluding hydrogens is 258 g/mol. The van der Waals surface area contributed by atoms with E-state index in [1.54, 1.807) is 22.2 Å². The van der Waals surface area contributed by atoms with Gasteiger partial charge in [0.2, 0.25) is 11.8 Å². The Morgan fingerprint density at radius 3 is 3.05 bits per heavy atom. The number of nitrogens with one attached hydrogen (secondary N) is 2. The van der Waals surface area contributed by atoms with Crippen molar-refractivity contribution in [3.63, 3.8) is 0 Å². The number of rotatable bonds is 3. The molecule has 20 heavy (non-hydrogen) atoms. The molecular formula is C13H19N5O2. The predicted molar refractivity (Wildman–Crippen MR) is 73.1 cm³/mol. The van der Waals surface area contributed by atoms with Gasteiger partial charge in [0.25, 0.3) is 0 Å². The van der Waals surface area contributed by atoms with Crippen LogP contribution in [0, 0.1) is 5.92 Å². The van der Waals surface area contributed by atoms with Gasteiger partial charge >= 0.3 is 0 Å². The molecule has 0 aliphatic carbocycles. The Labute approximate surface area is 117 Å². The Balaban J connectivity index is 1.66. The van der Waals surface area contributed by atoms with Gasteiger partial charge in [-0.2, -0.15) is 5.10 Å². The summed E-state index contributed by atoms with van der Waals surface area (Å²) >= 11 is 0. The van der Waals surface area contributed by atoms with Crippen LogP contribution in [0.15, 0.2) is 12.4 Å². The molecule has 0 radical (unpaired) electrons. The summed E-state index contributed by atoms with van der Waals surface area (Å²) in [7, 11) is 1.84. The summed E-state index contributed by atoms with van der Waals surface area (Å²) in [5, 5.41) is 9.79. The average molecular weight is 277 g/mol. The zero-order valence-electron chi connectivity index (χ0n) is 11.5. The number of amides is 2. The van der Waals surface area contributed by atoms with Crippen molar-refractivity contribution in [1.82, 2.24) is 20.4 Å². The number of aromatic nitrogens is 2. The van der Waals surface area contributed by atoms with Crippen LogP contribution in [0.25, 0.3) is 0 Å². The lowest BCUT2D eigenvalue weighted by Gasteiger charge is -2.26. The van der Waals surface area contributed by atoms with Crippen LogP contribution in [0.2, 0.25) is 0 Å². The molecule has 2 saturated heterocycles. The van der Waals surface area contributed by atoms with E-state index in [1.165, 1.54) is 0 Å². The molecule has 108 valence electrons. The number of nitrogens with zero attached hydrogens (tertiary/aromatic N) is 3. The number of carbonyl (C=O) groups is 2. The molecule has 0 aromatic carbocycles. The zero-order valence-corrected chi connectivity index (χ0v) is 11.5. The molecule has 0 bridgehead atoms. The van der Waals surface area contributed by atoms with Gasteiger partial charge in [0.15, 0.2) is 0 Å². The first-order valence-electron chi connectivity index (χ1n) is 6.93. The Bertz CT molecular complexity index is 495. The lowest BCUT2D eigenvalue weighted by Crippen LogP contribution is -2.42. The van der Waals surface area contributed by atoms with E-state index in [9.17, 15) is 9.59 Å². The predicted octanol–water partition coefficient (Wildman–Crippen LogP) is -0.417. The Morgan fingerprint density at radius 1 is 1.55 bits per heavy atom. The van der Waals surface area contributed by atoms with Gasteiger partial charge < -0.3 is 15.1 Å². The van der Waals surface area contributed by atoms with Gasteiger partial charge in [-0.05, 0) is 13.0 Å². The van der Waals surface area contributed by atoms with Gasteiger partial charge in [-0.1, -0.05) is 0 Å². The van der Waals surface area contributed by atoms with E-state index in [-0.39, 0.29) is 30.2 Å². The van der Waals surface area contributed by atoms with Gasteiger partial charge in [-0.3, -0.25) is 14.7 Å². The maximum absolute atomic E-state index is 12.5. The van der Waals surface area contributed by atoms with Crippen molar-refractivity contribution >= 4 is 17.5 Å². The third-order valence-corrected chi connectivity index (χ3v) is 4.20. The molecule has 1 aromatic heterocycles. The molecule has 2 aliphatic rings. The minimum absolute atomic E-state index is 0.0114. The summed E-state index contributed by atoms with van der Waals surface area (Å²) in [5.41, 5.74) is 0.732.